The van der Waals surface area contributed by atoms with Gasteiger partial charge in [-0.1, -0.05) is 6.07 Å². The maximum atomic E-state index is 14.5. The van der Waals surface area contributed by atoms with Crippen LogP contribution < -0.4 is 15.4 Å². The van der Waals surface area contributed by atoms with Crippen LogP contribution in [0.2, 0.25) is 0 Å². The summed E-state index contributed by atoms with van der Waals surface area (Å²) in [6, 6.07) is 5.71. The van der Waals surface area contributed by atoms with Crippen LogP contribution in [-0.4, -0.2) is 60.4 Å². The van der Waals surface area contributed by atoms with Crippen molar-refractivity contribution in [2.75, 3.05) is 26.4 Å². The second-order valence-electron chi connectivity index (χ2n) is 7.90. The van der Waals surface area contributed by atoms with Crippen LogP contribution in [0.25, 0.3) is 0 Å². The number of rotatable bonds is 6. The standard InChI is InChI=1S/C23H26FN3O5/c1-2-25-22(29)15-4-3-13(10-16(15)24)9-14-11-19(26-18-6-8-32-21(14)18)23(30)27-17-5-7-31-12-20(17)28/h3-4,10-11,17,20,28H,2,5-9,12H2,1H3,(H,25,29)(H,27,30)/t17-,20-/m0/s1. The predicted molar refractivity (Wildman–Crippen MR) is 113 cm³/mol. The number of nitrogens with one attached hydrogen (secondary N) is 2. The van der Waals surface area contributed by atoms with Crippen LogP contribution in [0.3, 0.4) is 0 Å². The number of pyridine rings is 1. The van der Waals surface area contributed by atoms with E-state index in [9.17, 15) is 19.1 Å². The van der Waals surface area contributed by atoms with Gasteiger partial charge in [0, 0.05) is 31.6 Å². The van der Waals surface area contributed by atoms with Crippen molar-refractivity contribution in [3.05, 3.63) is 58.2 Å². The highest BCUT2D eigenvalue weighted by Gasteiger charge is 2.28. The van der Waals surface area contributed by atoms with Crippen molar-refractivity contribution in [1.29, 1.82) is 0 Å². The van der Waals surface area contributed by atoms with Gasteiger partial charge in [0.05, 0.1) is 36.6 Å². The van der Waals surface area contributed by atoms with Crippen LogP contribution in [0, 0.1) is 5.82 Å². The normalized spacial score (nSPS) is 19.7. The maximum Gasteiger partial charge on any atom is 0.270 e. The second-order valence-corrected chi connectivity index (χ2v) is 7.90. The van der Waals surface area contributed by atoms with Gasteiger partial charge in [0.2, 0.25) is 0 Å². The molecule has 1 saturated heterocycles. The van der Waals surface area contributed by atoms with Crippen LogP contribution in [-0.2, 0) is 17.6 Å². The first-order valence-corrected chi connectivity index (χ1v) is 10.7. The van der Waals surface area contributed by atoms with Gasteiger partial charge in [-0.25, -0.2) is 9.37 Å². The van der Waals surface area contributed by atoms with Crippen molar-refractivity contribution < 1.29 is 28.6 Å². The molecule has 8 nitrogen and oxygen atoms in total. The maximum absolute atomic E-state index is 14.5. The molecule has 32 heavy (non-hydrogen) atoms. The van der Waals surface area contributed by atoms with E-state index in [1.807, 2.05) is 0 Å². The SMILES string of the molecule is CCNC(=O)c1ccc(Cc2cc(C(=O)N[C@H]3CCOC[C@@H]3O)nc3c2OCC3)cc1F. The highest BCUT2D eigenvalue weighted by atomic mass is 19.1. The fraction of sp³-hybridized carbons (Fsp3) is 0.435. The smallest absolute Gasteiger partial charge is 0.270 e. The molecule has 9 heteroatoms. The molecule has 170 valence electrons. The Labute approximate surface area is 185 Å². The van der Waals surface area contributed by atoms with Crippen molar-refractivity contribution in [3.63, 3.8) is 0 Å². The predicted octanol–water partition coefficient (Wildman–Crippen LogP) is 1.38. The summed E-state index contributed by atoms with van der Waals surface area (Å²) in [6.07, 6.45) is 0.646. The molecule has 0 unspecified atom stereocenters. The van der Waals surface area contributed by atoms with Crippen LogP contribution in [0.15, 0.2) is 24.3 Å². The Morgan fingerprint density at radius 3 is 2.84 bits per heavy atom. The van der Waals surface area contributed by atoms with E-state index in [4.69, 9.17) is 9.47 Å². The molecule has 0 spiro atoms. The number of aliphatic hydroxyl groups is 1. The van der Waals surface area contributed by atoms with Gasteiger partial charge >= 0.3 is 0 Å². The zero-order valence-corrected chi connectivity index (χ0v) is 17.8. The summed E-state index contributed by atoms with van der Waals surface area (Å²) in [5, 5.41) is 15.5. The van der Waals surface area contributed by atoms with E-state index in [0.29, 0.717) is 56.0 Å². The lowest BCUT2D eigenvalue weighted by atomic mass is 10.0. The number of nitrogens with zero attached hydrogens (tertiary/aromatic N) is 1. The fourth-order valence-corrected chi connectivity index (χ4v) is 3.95. The number of fused-ring (bicyclic) bond motifs is 1. The molecule has 3 N–H and O–H groups in total. The van der Waals surface area contributed by atoms with Crippen molar-refractivity contribution in [1.82, 2.24) is 15.6 Å². The van der Waals surface area contributed by atoms with Crippen LogP contribution in [0.4, 0.5) is 4.39 Å². The Morgan fingerprint density at radius 1 is 1.25 bits per heavy atom. The molecule has 1 aromatic carbocycles. The Hall–Kier alpha value is -3.04. The van der Waals surface area contributed by atoms with Gasteiger partial charge in [-0.15, -0.1) is 0 Å². The van der Waals surface area contributed by atoms with Gasteiger partial charge in [0.1, 0.15) is 17.3 Å². The first-order valence-electron chi connectivity index (χ1n) is 10.7. The molecule has 0 radical (unpaired) electrons. The summed E-state index contributed by atoms with van der Waals surface area (Å²) in [5.74, 6) is -0.837. The average molecular weight is 443 g/mol. The van der Waals surface area contributed by atoms with E-state index in [1.54, 1.807) is 19.1 Å². The lowest BCUT2D eigenvalue weighted by Gasteiger charge is -2.28. The Bertz CT molecular complexity index is 1030. The molecule has 0 bridgehead atoms. The number of hydrogen-bond acceptors (Lipinski definition) is 6. The number of aliphatic hydroxyl groups excluding tert-OH is 1. The highest BCUT2D eigenvalue weighted by Crippen LogP contribution is 2.31. The van der Waals surface area contributed by atoms with Crippen molar-refractivity contribution in [2.45, 2.75) is 38.3 Å². The molecule has 1 aromatic heterocycles. The first kappa shape index (κ1) is 22.2. The van der Waals surface area contributed by atoms with E-state index >= 15 is 0 Å². The van der Waals surface area contributed by atoms with E-state index in [1.165, 1.54) is 12.1 Å². The zero-order valence-electron chi connectivity index (χ0n) is 17.8. The van der Waals surface area contributed by atoms with E-state index in [0.717, 1.165) is 5.56 Å². The van der Waals surface area contributed by atoms with Crippen molar-refractivity contribution in [2.24, 2.45) is 0 Å². The van der Waals surface area contributed by atoms with Gasteiger partial charge in [-0.05, 0) is 37.1 Å². The van der Waals surface area contributed by atoms with Gasteiger partial charge in [-0.3, -0.25) is 9.59 Å². The number of halogens is 1. The largest absolute Gasteiger partial charge is 0.491 e. The third-order valence-electron chi connectivity index (χ3n) is 5.59. The number of hydrogen-bond donors (Lipinski definition) is 3. The molecule has 1 fully saturated rings. The molecular formula is C23H26FN3O5. The Kier molecular flexibility index (Phi) is 6.66. The Balaban J connectivity index is 1.56. The lowest BCUT2D eigenvalue weighted by Crippen LogP contribution is -2.48. The third kappa shape index (κ3) is 4.73. The fourth-order valence-electron chi connectivity index (χ4n) is 3.95. The van der Waals surface area contributed by atoms with Gasteiger partial charge in [0.15, 0.2) is 0 Å². The van der Waals surface area contributed by atoms with Gasteiger partial charge in [-0.2, -0.15) is 0 Å². The second kappa shape index (κ2) is 9.62. The number of carbonyl (C=O) groups is 2. The summed E-state index contributed by atoms with van der Waals surface area (Å²) >= 11 is 0. The van der Waals surface area contributed by atoms with E-state index in [-0.39, 0.29) is 23.8 Å². The molecule has 4 rings (SSSR count). The summed E-state index contributed by atoms with van der Waals surface area (Å²) in [6.45, 7) is 3.29. The topological polar surface area (TPSA) is 110 Å². The van der Waals surface area contributed by atoms with E-state index in [2.05, 4.69) is 15.6 Å². The average Bonchev–Trinajstić information content (AvgIpc) is 3.24. The molecule has 2 aliphatic heterocycles. The minimum atomic E-state index is -0.767. The highest BCUT2D eigenvalue weighted by molar-refractivity contribution is 5.94. The van der Waals surface area contributed by atoms with E-state index < -0.39 is 23.9 Å². The molecule has 2 atom stereocenters. The molecule has 0 saturated carbocycles. The van der Waals surface area contributed by atoms with Crippen LogP contribution in [0.1, 0.15) is 51.0 Å². The number of carbonyl (C=O) groups excluding carboxylic acids is 2. The summed E-state index contributed by atoms with van der Waals surface area (Å²) in [5.41, 5.74) is 2.25. The van der Waals surface area contributed by atoms with Crippen molar-refractivity contribution >= 4 is 11.8 Å². The molecule has 2 amide bonds. The summed E-state index contributed by atoms with van der Waals surface area (Å²) in [7, 11) is 0. The lowest BCUT2D eigenvalue weighted by molar-refractivity contribution is -0.0261. The van der Waals surface area contributed by atoms with Gasteiger partial charge < -0.3 is 25.2 Å². The Morgan fingerprint density at radius 2 is 2.09 bits per heavy atom. The summed E-state index contributed by atoms with van der Waals surface area (Å²) in [4.78, 5) is 29.2. The molecular weight excluding hydrogens is 417 g/mol. The summed E-state index contributed by atoms with van der Waals surface area (Å²) < 4.78 is 25.4. The minimum absolute atomic E-state index is 0.0121. The monoisotopic (exact) mass is 443 g/mol. The van der Waals surface area contributed by atoms with Gasteiger partial charge in [0.25, 0.3) is 11.8 Å². The zero-order chi connectivity index (χ0) is 22.7. The number of amides is 2. The molecule has 2 aromatic rings. The van der Waals surface area contributed by atoms with Crippen molar-refractivity contribution in [3.8, 4) is 5.75 Å². The number of aromatic nitrogens is 1. The molecule has 3 heterocycles. The first-order chi connectivity index (χ1) is 15.5. The number of ether oxygens (including phenoxy) is 2. The van der Waals surface area contributed by atoms with Crippen LogP contribution >= 0.6 is 0 Å². The third-order valence-corrected chi connectivity index (χ3v) is 5.59. The molecule has 0 aliphatic carbocycles. The van der Waals surface area contributed by atoms with Crippen LogP contribution in [0.5, 0.6) is 5.75 Å². The quantitative estimate of drug-likeness (QED) is 0.622. The molecule has 2 aliphatic rings. The minimum Gasteiger partial charge on any atom is -0.491 e. The number of benzene rings is 1.